The van der Waals surface area contributed by atoms with E-state index in [4.69, 9.17) is 4.74 Å². The molecule has 1 saturated heterocycles. The van der Waals surface area contributed by atoms with Gasteiger partial charge in [0.2, 0.25) is 5.88 Å². The molecule has 0 unspecified atom stereocenters. The Bertz CT molecular complexity index is 723. The molecular formula is C21H28N4O2. The Kier molecular flexibility index (Phi) is 6.63. The van der Waals surface area contributed by atoms with Gasteiger partial charge in [0.05, 0.1) is 0 Å². The van der Waals surface area contributed by atoms with E-state index in [9.17, 15) is 4.79 Å². The molecule has 0 atom stereocenters. The van der Waals surface area contributed by atoms with Crippen LogP contribution in [0.15, 0.2) is 36.4 Å². The largest absolute Gasteiger partial charge is 0.474 e. The predicted octanol–water partition coefficient (Wildman–Crippen LogP) is 3.28. The van der Waals surface area contributed by atoms with E-state index in [0.717, 1.165) is 37.2 Å². The van der Waals surface area contributed by atoms with Crippen molar-refractivity contribution in [1.82, 2.24) is 20.2 Å². The number of aryl methyl sites for hydroxylation is 3. The number of carbonyl (C=O) groups excluding carboxylic acids is 1. The van der Waals surface area contributed by atoms with Gasteiger partial charge in [-0.15, -0.1) is 0 Å². The van der Waals surface area contributed by atoms with Gasteiger partial charge in [-0.05, 0) is 32.3 Å². The fourth-order valence-corrected chi connectivity index (χ4v) is 3.34. The highest BCUT2D eigenvalue weighted by Crippen LogP contribution is 2.18. The van der Waals surface area contributed by atoms with E-state index >= 15 is 0 Å². The topological polar surface area (TPSA) is 67.3 Å². The first-order valence-corrected chi connectivity index (χ1v) is 9.66. The van der Waals surface area contributed by atoms with Crippen LogP contribution in [-0.2, 0) is 6.42 Å². The van der Waals surface area contributed by atoms with Crippen LogP contribution in [0.3, 0.4) is 0 Å². The number of piperidine rings is 1. The maximum atomic E-state index is 12.3. The lowest BCUT2D eigenvalue weighted by Gasteiger charge is -2.32. The third-order valence-corrected chi connectivity index (χ3v) is 4.72. The van der Waals surface area contributed by atoms with Crippen LogP contribution in [0.25, 0.3) is 0 Å². The summed E-state index contributed by atoms with van der Waals surface area (Å²) in [5.74, 6) is 1.35. The lowest BCUT2D eigenvalue weighted by molar-refractivity contribution is 0.107. The average Bonchev–Trinajstić information content (AvgIpc) is 2.66. The van der Waals surface area contributed by atoms with Gasteiger partial charge in [0.15, 0.2) is 0 Å². The molecule has 27 heavy (non-hydrogen) atoms. The number of carbonyl (C=O) groups is 1. The first kappa shape index (κ1) is 19.1. The molecule has 6 nitrogen and oxygen atoms in total. The van der Waals surface area contributed by atoms with Crippen LogP contribution < -0.4 is 10.1 Å². The molecule has 1 aromatic heterocycles. The predicted molar refractivity (Wildman–Crippen MR) is 105 cm³/mol. The number of likely N-dealkylation sites (tertiary alicyclic amines) is 1. The summed E-state index contributed by atoms with van der Waals surface area (Å²) in [6.45, 7) is 5.91. The number of urea groups is 1. The van der Waals surface area contributed by atoms with Crippen LogP contribution in [0.1, 0.15) is 36.3 Å². The Hall–Kier alpha value is -2.63. The van der Waals surface area contributed by atoms with Crippen molar-refractivity contribution >= 4 is 6.03 Å². The molecule has 3 rings (SSSR count). The highest BCUT2D eigenvalue weighted by atomic mass is 16.5. The van der Waals surface area contributed by atoms with E-state index in [0.29, 0.717) is 25.5 Å². The summed E-state index contributed by atoms with van der Waals surface area (Å²) in [7, 11) is 0. The molecule has 2 aromatic rings. The second-order valence-electron chi connectivity index (χ2n) is 7.02. The first-order chi connectivity index (χ1) is 13.1. The van der Waals surface area contributed by atoms with E-state index in [2.05, 4.69) is 27.4 Å². The molecule has 2 amide bonds. The number of nitrogens with zero attached hydrogens (tertiary/aromatic N) is 3. The number of hydrogen-bond donors (Lipinski definition) is 1. The van der Waals surface area contributed by atoms with E-state index in [1.807, 2.05) is 43.0 Å². The molecule has 0 bridgehead atoms. The fourth-order valence-electron chi connectivity index (χ4n) is 3.34. The van der Waals surface area contributed by atoms with Gasteiger partial charge in [0.1, 0.15) is 11.9 Å². The zero-order valence-corrected chi connectivity index (χ0v) is 16.1. The van der Waals surface area contributed by atoms with Crippen LogP contribution in [0.4, 0.5) is 4.79 Å². The molecule has 2 heterocycles. The Morgan fingerprint density at radius 2 is 1.93 bits per heavy atom. The van der Waals surface area contributed by atoms with Crippen molar-refractivity contribution in [1.29, 1.82) is 0 Å². The Balaban J connectivity index is 1.36. The fraction of sp³-hybridized carbons (Fsp3) is 0.476. The smallest absolute Gasteiger partial charge is 0.317 e. The van der Waals surface area contributed by atoms with Crippen molar-refractivity contribution in [2.24, 2.45) is 0 Å². The van der Waals surface area contributed by atoms with E-state index < -0.39 is 0 Å². The van der Waals surface area contributed by atoms with E-state index in [1.54, 1.807) is 0 Å². The van der Waals surface area contributed by atoms with Crippen molar-refractivity contribution in [3.05, 3.63) is 53.5 Å². The van der Waals surface area contributed by atoms with Crippen molar-refractivity contribution in [2.45, 2.75) is 45.6 Å². The molecule has 1 aliphatic rings. The van der Waals surface area contributed by atoms with Crippen molar-refractivity contribution < 1.29 is 9.53 Å². The molecule has 1 aliphatic heterocycles. The summed E-state index contributed by atoms with van der Waals surface area (Å²) in [5, 5.41) is 3.03. The van der Waals surface area contributed by atoms with Crippen LogP contribution in [-0.4, -0.2) is 46.6 Å². The van der Waals surface area contributed by atoms with Crippen molar-refractivity contribution in [3.63, 3.8) is 0 Å². The molecule has 1 fully saturated rings. The van der Waals surface area contributed by atoms with Crippen LogP contribution in [0.5, 0.6) is 5.88 Å². The maximum Gasteiger partial charge on any atom is 0.317 e. The second-order valence-corrected chi connectivity index (χ2v) is 7.02. The normalized spacial score (nSPS) is 14.8. The lowest BCUT2D eigenvalue weighted by Crippen LogP contribution is -2.46. The summed E-state index contributed by atoms with van der Waals surface area (Å²) in [6, 6.07) is 12.2. The van der Waals surface area contributed by atoms with Gasteiger partial charge in [-0.2, -0.15) is 4.98 Å². The molecule has 144 valence electrons. The minimum absolute atomic E-state index is 0.0234. The summed E-state index contributed by atoms with van der Waals surface area (Å²) in [6.07, 6.45) is 3.66. The SMILES string of the molecule is Cc1cc(OC2CCN(C(=O)NCCCc3ccccc3)CC2)nc(C)n1. The number of nitrogens with one attached hydrogen (secondary N) is 1. The number of amides is 2. The quantitative estimate of drug-likeness (QED) is 0.795. The monoisotopic (exact) mass is 368 g/mol. The highest BCUT2D eigenvalue weighted by Gasteiger charge is 2.24. The number of rotatable bonds is 6. The van der Waals surface area contributed by atoms with Gasteiger partial charge in [0.25, 0.3) is 0 Å². The summed E-state index contributed by atoms with van der Waals surface area (Å²) in [4.78, 5) is 22.8. The van der Waals surface area contributed by atoms with Crippen LogP contribution in [0, 0.1) is 13.8 Å². The molecule has 0 saturated carbocycles. The number of aromatic nitrogens is 2. The minimum atomic E-state index is 0.0234. The van der Waals surface area contributed by atoms with Crippen LogP contribution >= 0.6 is 0 Å². The van der Waals surface area contributed by atoms with Gasteiger partial charge < -0.3 is 15.0 Å². The zero-order valence-electron chi connectivity index (χ0n) is 16.1. The van der Waals surface area contributed by atoms with Gasteiger partial charge in [-0.1, -0.05) is 30.3 Å². The average molecular weight is 368 g/mol. The Morgan fingerprint density at radius 3 is 2.63 bits per heavy atom. The molecule has 0 radical (unpaired) electrons. The Labute approximate surface area is 161 Å². The highest BCUT2D eigenvalue weighted by molar-refractivity contribution is 5.74. The third kappa shape index (κ3) is 5.94. The Morgan fingerprint density at radius 1 is 1.19 bits per heavy atom. The van der Waals surface area contributed by atoms with Crippen LogP contribution in [0.2, 0.25) is 0 Å². The molecule has 1 N–H and O–H groups in total. The van der Waals surface area contributed by atoms with Gasteiger partial charge in [-0.3, -0.25) is 0 Å². The second kappa shape index (κ2) is 9.35. The van der Waals surface area contributed by atoms with Gasteiger partial charge in [0, 0.05) is 44.2 Å². The number of benzene rings is 1. The van der Waals surface area contributed by atoms with Gasteiger partial charge in [-0.25, -0.2) is 9.78 Å². The molecule has 1 aromatic carbocycles. The zero-order chi connectivity index (χ0) is 19.1. The summed E-state index contributed by atoms with van der Waals surface area (Å²) in [5.41, 5.74) is 2.21. The van der Waals surface area contributed by atoms with Gasteiger partial charge >= 0.3 is 6.03 Å². The molecule has 0 aliphatic carbocycles. The van der Waals surface area contributed by atoms with Crippen molar-refractivity contribution in [3.8, 4) is 5.88 Å². The standard InChI is InChI=1S/C21H28N4O2/c1-16-15-20(24-17(2)23-16)27-19-10-13-25(14-11-19)21(26)22-12-6-9-18-7-4-3-5-8-18/h3-5,7-8,15,19H,6,9-14H2,1-2H3,(H,22,26). The number of hydrogen-bond acceptors (Lipinski definition) is 4. The van der Waals surface area contributed by atoms with E-state index in [1.165, 1.54) is 5.56 Å². The number of ether oxygens (including phenoxy) is 1. The maximum absolute atomic E-state index is 12.3. The molecule has 6 heteroatoms. The summed E-state index contributed by atoms with van der Waals surface area (Å²) >= 11 is 0. The molecular weight excluding hydrogens is 340 g/mol. The van der Waals surface area contributed by atoms with E-state index in [-0.39, 0.29) is 12.1 Å². The lowest BCUT2D eigenvalue weighted by atomic mass is 10.1. The molecule has 0 spiro atoms. The first-order valence-electron chi connectivity index (χ1n) is 9.66. The minimum Gasteiger partial charge on any atom is -0.474 e. The summed E-state index contributed by atoms with van der Waals surface area (Å²) < 4.78 is 5.98. The van der Waals surface area contributed by atoms with Crippen molar-refractivity contribution in [2.75, 3.05) is 19.6 Å². The third-order valence-electron chi connectivity index (χ3n) is 4.72.